The topological polar surface area (TPSA) is 83.6 Å². The van der Waals surface area contributed by atoms with E-state index in [4.69, 9.17) is 5.73 Å². The van der Waals surface area contributed by atoms with E-state index < -0.39 is 0 Å². The molecule has 0 atom stereocenters. The third kappa shape index (κ3) is 6.10. The van der Waals surface area contributed by atoms with Gasteiger partial charge in [0.2, 0.25) is 0 Å². The maximum absolute atomic E-state index is 12.8. The smallest absolute Gasteiger partial charge is 0.283 e. The number of amides is 1. The molecule has 1 aliphatic rings. The van der Waals surface area contributed by atoms with Crippen molar-refractivity contribution in [2.24, 2.45) is 5.10 Å². The molecule has 1 aliphatic heterocycles. The fraction of sp³-hybridized carbons (Fsp3) is 0.250. The molecule has 34 heavy (non-hydrogen) atoms. The van der Waals surface area contributed by atoms with Crippen LogP contribution in [-0.2, 0) is 17.6 Å². The summed E-state index contributed by atoms with van der Waals surface area (Å²) < 4.78 is 0. The van der Waals surface area contributed by atoms with Crippen LogP contribution in [0.4, 0.5) is 17.2 Å². The SMILES string of the molecule is CCCC1=NN(c2ccccn2)C(=O)C1=CNc1ccccc1CC.CCc1ccccc1N. The molecule has 0 fully saturated rings. The van der Waals surface area contributed by atoms with Crippen molar-refractivity contribution in [2.45, 2.75) is 46.5 Å². The number of pyridine rings is 1. The molecule has 6 heteroatoms. The van der Waals surface area contributed by atoms with Crippen molar-refractivity contribution in [3.63, 3.8) is 0 Å². The summed E-state index contributed by atoms with van der Waals surface area (Å²) in [6.07, 6.45) is 7.05. The Balaban J connectivity index is 0.000000302. The number of benzene rings is 2. The molecule has 0 unspecified atom stereocenters. The molecule has 176 valence electrons. The van der Waals surface area contributed by atoms with E-state index in [1.807, 2.05) is 48.5 Å². The van der Waals surface area contributed by atoms with Gasteiger partial charge in [-0.15, -0.1) is 0 Å². The van der Waals surface area contributed by atoms with Gasteiger partial charge in [0.05, 0.1) is 11.3 Å². The van der Waals surface area contributed by atoms with E-state index in [1.54, 1.807) is 18.5 Å². The van der Waals surface area contributed by atoms with Crippen LogP contribution in [-0.4, -0.2) is 16.6 Å². The third-order valence-electron chi connectivity index (χ3n) is 5.51. The van der Waals surface area contributed by atoms with Crippen LogP contribution in [0.5, 0.6) is 0 Å². The van der Waals surface area contributed by atoms with Gasteiger partial charge in [-0.1, -0.05) is 69.7 Å². The molecule has 0 aliphatic carbocycles. The van der Waals surface area contributed by atoms with Gasteiger partial charge in [-0.05, 0) is 54.7 Å². The molecule has 3 N–H and O–H groups in total. The van der Waals surface area contributed by atoms with Crippen LogP contribution in [0.1, 0.15) is 44.7 Å². The number of aryl methyl sites for hydroxylation is 2. The Bertz CT molecular complexity index is 1150. The summed E-state index contributed by atoms with van der Waals surface area (Å²) in [7, 11) is 0. The van der Waals surface area contributed by atoms with E-state index in [2.05, 4.69) is 48.3 Å². The van der Waals surface area contributed by atoms with Crippen LogP contribution in [0.2, 0.25) is 0 Å². The van der Waals surface area contributed by atoms with Crippen molar-refractivity contribution < 1.29 is 4.79 Å². The number of nitrogens with one attached hydrogen (secondary N) is 1. The lowest BCUT2D eigenvalue weighted by Gasteiger charge is -2.10. The third-order valence-corrected chi connectivity index (χ3v) is 5.51. The van der Waals surface area contributed by atoms with E-state index in [0.717, 1.165) is 42.8 Å². The number of hydrazone groups is 1. The van der Waals surface area contributed by atoms with Gasteiger partial charge in [0.15, 0.2) is 5.82 Å². The monoisotopic (exact) mass is 455 g/mol. The standard InChI is InChI=1S/C20H22N4O.C8H11N/c1-3-9-18-16(14-22-17-11-6-5-10-15(17)4-2)20(25)24(23-18)19-12-7-8-13-21-19;1-2-7-5-3-4-6-8(7)9/h5-8,10-14,22H,3-4,9H2,1-2H3;3-6H,2,9H2,1H3. The van der Waals surface area contributed by atoms with Crippen LogP contribution in [0.25, 0.3) is 0 Å². The maximum atomic E-state index is 12.8. The minimum atomic E-state index is -0.149. The number of nitrogens with two attached hydrogens (primary N) is 1. The first-order valence-corrected chi connectivity index (χ1v) is 11.8. The van der Waals surface area contributed by atoms with Crippen molar-refractivity contribution in [3.05, 3.63) is 95.8 Å². The van der Waals surface area contributed by atoms with E-state index >= 15 is 0 Å². The fourth-order valence-corrected chi connectivity index (χ4v) is 3.63. The van der Waals surface area contributed by atoms with Crippen LogP contribution < -0.4 is 16.1 Å². The molecule has 1 amide bonds. The van der Waals surface area contributed by atoms with Crippen LogP contribution in [0.3, 0.4) is 0 Å². The molecule has 0 spiro atoms. The van der Waals surface area contributed by atoms with Gasteiger partial charge in [-0.3, -0.25) is 4.79 Å². The van der Waals surface area contributed by atoms with Crippen LogP contribution in [0.15, 0.2) is 89.8 Å². The van der Waals surface area contributed by atoms with Crippen LogP contribution >= 0.6 is 0 Å². The summed E-state index contributed by atoms with van der Waals surface area (Å²) in [6.45, 7) is 6.29. The second kappa shape index (κ2) is 12.3. The molecule has 1 aromatic heterocycles. The average molecular weight is 456 g/mol. The Kier molecular flexibility index (Phi) is 8.97. The number of para-hydroxylation sites is 2. The number of hydrogen-bond acceptors (Lipinski definition) is 5. The Morgan fingerprint density at radius 1 is 0.912 bits per heavy atom. The van der Waals surface area contributed by atoms with Gasteiger partial charge in [-0.25, -0.2) is 4.98 Å². The van der Waals surface area contributed by atoms with E-state index in [1.165, 1.54) is 16.1 Å². The Hall–Kier alpha value is -3.93. The summed E-state index contributed by atoms with van der Waals surface area (Å²) in [4.78, 5) is 17.1. The molecule has 6 nitrogen and oxygen atoms in total. The van der Waals surface area contributed by atoms with Gasteiger partial charge in [0.25, 0.3) is 5.91 Å². The molecule has 2 aromatic carbocycles. The highest BCUT2D eigenvalue weighted by molar-refractivity contribution is 6.30. The molecule has 3 aromatic rings. The van der Waals surface area contributed by atoms with Crippen molar-refractivity contribution in [1.29, 1.82) is 0 Å². The summed E-state index contributed by atoms with van der Waals surface area (Å²) >= 11 is 0. The Morgan fingerprint density at radius 2 is 1.59 bits per heavy atom. The lowest BCUT2D eigenvalue weighted by atomic mass is 10.1. The van der Waals surface area contributed by atoms with Crippen molar-refractivity contribution >= 4 is 28.8 Å². The first kappa shape index (κ1) is 24.7. The molecular formula is C28H33N5O. The predicted molar refractivity (Wildman–Crippen MR) is 142 cm³/mol. The summed E-state index contributed by atoms with van der Waals surface area (Å²) in [6, 6.07) is 21.5. The second-order valence-corrected chi connectivity index (χ2v) is 7.87. The number of carbonyl (C=O) groups is 1. The lowest BCUT2D eigenvalue weighted by molar-refractivity contribution is -0.114. The highest BCUT2D eigenvalue weighted by Gasteiger charge is 2.31. The zero-order chi connectivity index (χ0) is 24.3. The largest absolute Gasteiger partial charge is 0.399 e. The molecule has 0 bridgehead atoms. The van der Waals surface area contributed by atoms with E-state index in [-0.39, 0.29) is 5.91 Å². The summed E-state index contributed by atoms with van der Waals surface area (Å²) in [5.74, 6) is 0.391. The molecular weight excluding hydrogens is 422 g/mol. The first-order valence-electron chi connectivity index (χ1n) is 11.8. The lowest BCUT2D eigenvalue weighted by Crippen LogP contribution is -2.22. The Labute approximate surface area is 202 Å². The number of aromatic nitrogens is 1. The van der Waals surface area contributed by atoms with Crippen molar-refractivity contribution in [3.8, 4) is 0 Å². The average Bonchev–Trinajstić information content (AvgIpc) is 3.19. The fourth-order valence-electron chi connectivity index (χ4n) is 3.63. The van der Waals surface area contributed by atoms with Crippen molar-refractivity contribution in [1.82, 2.24) is 4.98 Å². The molecule has 0 radical (unpaired) electrons. The van der Waals surface area contributed by atoms with Crippen LogP contribution in [0, 0.1) is 0 Å². The number of nitrogens with zero attached hydrogens (tertiary/aromatic N) is 3. The normalized spacial score (nSPS) is 14.0. The predicted octanol–water partition coefficient (Wildman–Crippen LogP) is 5.97. The number of rotatable bonds is 7. The molecule has 4 rings (SSSR count). The van der Waals surface area contributed by atoms with Gasteiger partial charge in [0.1, 0.15) is 0 Å². The highest BCUT2D eigenvalue weighted by atomic mass is 16.2. The van der Waals surface area contributed by atoms with Gasteiger partial charge in [-0.2, -0.15) is 10.1 Å². The summed E-state index contributed by atoms with van der Waals surface area (Å²) in [5, 5.41) is 9.16. The van der Waals surface area contributed by atoms with Gasteiger partial charge >= 0.3 is 0 Å². The number of hydrogen-bond donors (Lipinski definition) is 2. The van der Waals surface area contributed by atoms with Crippen molar-refractivity contribution in [2.75, 3.05) is 16.1 Å². The maximum Gasteiger partial charge on any atom is 0.283 e. The number of nitrogen functional groups attached to an aromatic ring is 1. The Morgan fingerprint density at radius 3 is 2.21 bits per heavy atom. The highest BCUT2D eigenvalue weighted by Crippen LogP contribution is 2.24. The minimum absolute atomic E-state index is 0.149. The first-order chi connectivity index (χ1) is 16.6. The number of carbonyl (C=O) groups excluding carboxylic acids is 1. The molecule has 0 saturated carbocycles. The quantitative estimate of drug-likeness (QED) is 0.339. The number of anilines is 3. The minimum Gasteiger partial charge on any atom is -0.399 e. The zero-order valence-electron chi connectivity index (χ0n) is 20.2. The van der Waals surface area contributed by atoms with E-state index in [9.17, 15) is 4.79 Å². The van der Waals surface area contributed by atoms with Gasteiger partial charge in [0, 0.05) is 23.8 Å². The zero-order valence-corrected chi connectivity index (χ0v) is 20.2. The van der Waals surface area contributed by atoms with Gasteiger partial charge < -0.3 is 11.1 Å². The summed E-state index contributed by atoms with van der Waals surface area (Å²) in [5.41, 5.74) is 11.4. The molecule has 0 saturated heterocycles. The second-order valence-electron chi connectivity index (χ2n) is 7.87. The molecule has 2 heterocycles. The van der Waals surface area contributed by atoms with E-state index in [0.29, 0.717) is 11.4 Å².